The average Bonchev–Trinajstić information content (AvgIpc) is 3.38. The van der Waals surface area contributed by atoms with Gasteiger partial charge in [0.2, 0.25) is 5.91 Å². The van der Waals surface area contributed by atoms with E-state index in [9.17, 15) is 4.79 Å². The molecule has 8 heteroatoms. The van der Waals surface area contributed by atoms with E-state index in [1.807, 2.05) is 42.5 Å². The molecule has 2 N–H and O–H groups in total. The van der Waals surface area contributed by atoms with Crippen molar-refractivity contribution in [3.05, 3.63) is 72.3 Å². The van der Waals surface area contributed by atoms with Crippen LogP contribution >= 0.6 is 0 Å². The number of nitrogens with one attached hydrogen (secondary N) is 2. The highest BCUT2D eigenvalue weighted by atomic mass is 16.1. The molecule has 0 spiro atoms. The molecule has 0 bridgehead atoms. The molecular formula is C20H21N7O. The fourth-order valence-corrected chi connectivity index (χ4v) is 3.15. The quantitative estimate of drug-likeness (QED) is 0.492. The fraction of sp³-hybridized carbons (Fsp3) is 0.250. The summed E-state index contributed by atoms with van der Waals surface area (Å²) in [6, 6.07) is 17.7. The summed E-state index contributed by atoms with van der Waals surface area (Å²) >= 11 is 0. The number of para-hydroxylation sites is 2. The zero-order valence-electron chi connectivity index (χ0n) is 15.3. The second-order valence-corrected chi connectivity index (χ2v) is 6.63. The summed E-state index contributed by atoms with van der Waals surface area (Å²) in [5, 5.41) is 14.1. The van der Waals surface area contributed by atoms with Crippen molar-refractivity contribution in [2.24, 2.45) is 0 Å². The van der Waals surface area contributed by atoms with Crippen LogP contribution in [0.25, 0.3) is 11.0 Å². The number of imidazole rings is 1. The second kappa shape index (κ2) is 8.43. The third kappa shape index (κ3) is 4.40. The molecule has 2 heterocycles. The molecule has 28 heavy (non-hydrogen) atoms. The molecule has 0 radical (unpaired) electrons. The van der Waals surface area contributed by atoms with Gasteiger partial charge in [0.25, 0.3) is 0 Å². The molecule has 0 aliphatic carbocycles. The van der Waals surface area contributed by atoms with Crippen molar-refractivity contribution in [2.75, 3.05) is 0 Å². The number of amides is 1. The van der Waals surface area contributed by atoms with Gasteiger partial charge in [0.1, 0.15) is 12.2 Å². The number of aromatic amines is 1. The number of carbonyl (C=O) groups excluding carboxylic acids is 1. The summed E-state index contributed by atoms with van der Waals surface area (Å²) in [6.07, 6.45) is 3.27. The van der Waals surface area contributed by atoms with E-state index >= 15 is 0 Å². The number of rotatable bonds is 8. The number of aryl methyl sites for hydroxylation is 1. The van der Waals surface area contributed by atoms with Gasteiger partial charge in [-0.25, -0.2) is 9.67 Å². The van der Waals surface area contributed by atoms with E-state index in [0.29, 0.717) is 25.8 Å². The summed E-state index contributed by atoms with van der Waals surface area (Å²) in [4.78, 5) is 20.6. The Morgan fingerprint density at radius 1 is 1.11 bits per heavy atom. The number of nitrogens with zero attached hydrogens (tertiary/aromatic N) is 5. The summed E-state index contributed by atoms with van der Waals surface area (Å²) < 4.78 is 1.62. The number of aromatic nitrogens is 6. The van der Waals surface area contributed by atoms with Crippen molar-refractivity contribution in [1.29, 1.82) is 0 Å². The van der Waals surface area contributed by atoms with E-state index in [-0.39, 0.29) is 11.9 Å². The van der Waals surface area contributed by atoms with Crippen LogP contribution in [0.5, 0.6) is 0 Å². The summed E-state index contributed by atoms with van der Waals surface area (Å²) in [6.45, 7) is 0.606. The number of carbonyl (C=O) groups is 1. The lowest BCUT2D eigenvalue weighted by Crippen LogP contribution is -2.30. The van der Waals surface area contributed by atoms with Crippen LogP contribution in [-0.4, -0.2) is 36.1 Å². The zero-order valence-corrected chi connectivity index (χ0v) is 15.3. The third-order valence-corrected chi connectivity index (χ3v) is 4.54. The number of hydrogen-bond donors (Lipinski definition) is 2. The zero-order chi connectivity index (χ0) is 19.2. The Kier molecular flexibility index (Phi) is 5.37. The molecule has 0 unspecified atom stereocenters. The Bertz CT molecular complexity index is 994. The van der Waals surface area contributed by atoms with E-state index in [1.54, 1.807) is 11.0 Å². The smallest absolute Gasteiger partial charge is 0.220 e. The topological polar surface area (TPSA) is 101 Å². The van der Waals surface area contributed by atoms with Crippen LogP contribution in [0.15, 0.2) is 60.9 Å². The molecule has 0 fully saturated rings. The Hall–Kier alpha value is -3.55. The Balaban J connectivity index is 1.46. The van der Waals surface area contributed by atoms with Gasteiger partial charge < -0.3 is 10.3 Å². The molecule has 2 aromatic carbocycles. The summed E-state index contributed by atoms with van der Waals surface area (Å²) in [7, 11) is 0. The number of tetrazole rings is 1. The summed E-state index contributed by atoms with van der Waals surface area (Å²) in [5.74, 6) is 0.744. The van der Waals surface area contributed by atoms with Crippen molar-refractivity contribution in [1.82, 2.24) is 35.5 Å². The fourth-order valence-electron chi connectivity index (χ4n) is 3.15. The first-order valence-electron chi connectivity index (χ1n) is 9.26. The first-order valence-corrected chi connectivity index (χ1v) is 9.26. The van der Waals surface area contributed by atoms with Gasteiger partial charge in [0.05, 0.1) is 17.1 Å². The Labute approximate surface area is 162 Å². The van der Waals surface area contributed by atoms with Crippen LogP contribution in [0.1, 0.15) is 30.3 Å². The molecule has 2 aromatic heterocycles. The molecule has 1 atom stereocenters. The van der Waals surface area contributed by atoms with Gasteiger partial charge in [0, 0.05) is 13.0 Å². The summed E-state index contributed by atoms with van der Waals surface area (Å²) in [5.41, 5.74) is 2.99. The van der Waals surface area contributed by atoms with E-state index in [2.05, 4.69) is 42.9 Å². The number of H-pyrrole nitrogens is 1. The normalized spacial score (nSPS) is 12.1. The van der Waals surface area contributed by atoms with Gasteiger partial charge in [-0.15, -0.1) is 5.10 Å². The lowest BCUT2D eigenvalue weighted by Gasteiger charge is -2.17. The number of benzene rings is 2. The number of hydrogen-bond acceptors (Lipinski definition) is 5. The molecule has 8 nitrogen and oxygen atoms in total. The van der Waals surface area contributed by atoms with Crippen molar-refractivity contribution in [2.45, 2.75) is 31.8 Å². The van der Waals surface area contributed by atoms with Crippen molar-refractivity contribution in [3.63, 3.8) is 0 Å². The van der Waals surface area contributed by atoms with E-state index in [0.717, 1.165) is 22.4 Å². The standard InChI is InChI=1S/C20H21N7O/c28-19(11-6-12-27-14-21-25-26-27)22-18(13-15-7-2-1-3-8-15)20-23-16-9-4-5-10-17(16)24-20/h1-5,7-10,14,18H,6,11-13H2,(H,22,28)(H,23,24)/t18-/m0/s1. The van der Waals surface area contributed by atoms with Crippen molar-refractivity contribution < 1.29 is 4.79 Å². The van der Waals surface area contributed by atoms with Gasteiger partial charge in [-0.05, 0) is 41.0 Å². The van der Waals surface area contributed by atoms with Crippen LogP contribution in [-0.2, 0) is 17.8 Å². The monoisotopic (exact) mass is 375 g/mol. The minimum absolute atomic E-state index is 0.0190. The molecule has 142 valence electrons. The SMILES string of the molecule is O=C(CCCn1cnnn1)N[C@@H](Cc1ccccc1)c1nc2ccccc2[nH]1. The molecule has 0 saturated carbocycles. The van der Waals surface area contributed by atoms with Crippen LogP contribution in [0, 0.1) is 0 Å². The second-order valence-electron chi connectivity index (χ2n) is 6.63. The minimum Gasteiger partial charge on any atom is -0.346 e. The van der Waals surface area contributed by atoms with Crippen LogP contribution in [0.2, 0.25) is 0 Å². The number of fused-ring (bicyclic) bond motifs is 1. The average molecular weight is 375 g/mol. The molecule has 4 rings (SSSR count). The highest BCUT2D eigenvalue weighted by molar-refractivity contribution is 5.77. The maximum Gasteiger partial charge on any atom is 0.220 e. The Morgan fingerprint density at radius 2 is 1.93 bits per heavy atom. The van der Waals surface area contributed by atoms with Gasteiger partial charge in [0.15, 0.2) is 0 Å². The van der Waals surface area contributed by atoms with Crippen molar-refractivity contribution in [3.8, 4) is 0 Å². The van der Waals surface area contributed by atoms with Gasteiger partial charge in [-0.1, -0.05) is 42.5 Å². The maximum absolute atomic E-state index is 12.5. The van der Waals surface area contributed by atoms with Gasteiger partial charge in [-0.3, -0.25) is 4.79 Å². The van der Waals surface area contributed by atoms with Gasteiger partial charge >= 0.3 is 0 Å². The van der Waals surface area contributed by atoms with E-state index in [4.69, 9.17) is 0 Å². The predicted octanol–water partition coefficient (Wildman–Crippen LogP) is 2.43. The highest BCUT2D eigenvalue weighted by Crippen LogP contribution is 2.20. The van der Waals surface area contributed by atoms with E-state index < -0.39 is 0 Å². The largest absolute Gasteiger partial charge is 0.346 e. The van der Waals surface area contributed by atoms with Gasteiger partial charge in [-0.2, -0.15) is 0 Å². The molecular weight excluding hydrogens is 354 g/mol. The third-order valence-electron chi connectivity index (χ3n) is 4.54. The van der Waals surface area contributed by atoms with Crippen LogP contribution in [0.3, 0.4) is 0 Å². The highest BCUT2D eigenvalue weighted by Gasteiger charge is 2.19. The van der Waals surface area contributed by atoms with Crippen LogP contribution in [0.4, 0.5) is 0 Å². The predicted molar refractivity (Wildman–Crippen MR) is 104 cm³/mol. The van der Waals surface area contributed by atoms with E-state index in [1.165, 1.54) is 0 Å². The van der Waals surface area contributed by atoms with Crippen molar-refractivity contribution >= 4 is 16.9 Å². The minimum atomic E-state index is -0.227. The molecule has 0 aliphatic heterocycles. The molecule has 0 saturated heterocycles. The molecule has 0 aliphatic rings. The van der Waals surface area contributed by atoms with Crippen LogP contribution < -0.4 is 5.32 Å². The lowest BCUT2D eigenvalue weighted by molar-refractivity contribution is -0.122. The molecule has 4 aromatic rings. The molecule has 1 amide bonds. The lowest BCUT2D eigenvalue weighted by atomic mass is 10.1. The maximum atomic E-state index is 12.5. The Morgan fingerprint density at radius 3 is 2.71 bits per heavy atom. The first-order chi connectivity index (χ1) is 13.8. The first kappa shape index (κ1) is 17.8.